The molecule has 27 heavy (non-hydrogen) atoms. The number of aryl methyl sites for hydroxylation is 1. The molecule has 0 aromatic carbocycles. The molecule has 0 N–H and O–H groups in total. The van der Waals surface area contributed by atoms with Crippen molar-refractivity contribution in [3.63, 3.8) is 0 Å². The van der Waals surface area contributed by atoms with E-state index in [9.17, 15) is 9.18 Å². The minimum Gasteiger partial charge on any atom is -0.470 e. The van der Waals surface area contributed by atoms with E-state index in [0.29, 0.717) is 37.4 Å². The van der Waals surface area contributed by atoms with Crippen molar-refractivity contribution in [3.05, 3.63) is 47.1 Å². The van der Waals surface area contributed by atoms with Crippen LogP contribution < -0.4 is 4.74 Å². The van der Waals surface area contributed by atoms with Crippen molar-refractivity contribution in [2.24, 2.45) is 0 Å². The molecule has 0 spiro atoms. The summed E-state index contributed by atoms with van der Waals surface area (Å²) in [5.41, 5.74) is 0.565. The first-order chi connectivity index (χ1) is 13.2. The molecule has 1 aliphatic rings. The van der Waals surface area contributed by atoms with Gasteiger partial charge in [0, 0.05) is 19.0 Å². The van der Waals surface area contributed by atoms with Crippen LogP contribution >= 0.6 is 11.3 Å². The largest absolute Gasteiger partial charge is 0.470 e. The Kier molecular flexibility index (Phi) is 4.85. The molecular formula is C18H17FN4O3S. The minimum atomic E-state index is -0.540. The van der Waals surface area contributed by atoms with Crippen molar-refractivity contribution in [2.45, 2.75) is 25.9 Å². The van der Waals surface area contributed by atoms with Crippen LogP contribution in [0, 0.1) is 5.82 Å². The highest BCUT2D eigenvalue weighted by molar-refractivity contribution is 7.13. The van der Waals surface area contributed by atoms with Crippen LogP contribution in [0.3, 0.4) is 0 Å². The molecule has 1 aliphatic heterocycles. The van der Waals surface area contributed by atoms with Gasteiger partial charge in [0.1, 0.15) is 12.4 Å². The number of amides is 1. The lowest BCUT2D eigenvalue weighted by Gasteiger charge is -2.16. The average Bonchev–Trinajstić information content (AvgIpc) is 3.43. The molecule has 0 saturated carbocycles. The van der Waals surface area contributed by atoms with Gasteiger partial charge in [-0.05, 0) is 17.9 Å². The van der Waals surface area contributed by atoms with E-state index >= 15 is 0 Å². The molecule has 4 rings (SSSR count). The Morgan fingerprint density at radius 1 is 1.48 bits per heavy atom. The molecule has 1 unspecified atom stereocenters. The monoisotopic (exact) mass is 388 g/mol. The van der Waals surface area contributed by atoms with Crippen molar-refractivity contribution in [2.75, 3.05) is 13.1 Å². The number of hydrogen-bond donors (Lipinski definition) is 0. The second kappa shape index (κ2) is 7.43. The van der Waals surface area contributed by atoms with Crippen molar-refractivity contribution in [3.8, 4) is 16.5 Å². The Labute approximate surface area is 158 Å². The van der Waals surface area contributed by atoms with Gasteiger partial charge < -0.3 is 14.2 Å². The lowest BCUT2D eigenvalue weighted by molar-refractivity contribution is 0.0759. The van der Waals surface area contributed by atoms with Gasteiger partial charge in [-0.2, -0.15) is 9.37 Å². The summed E-state index contributed by atoms with van der Waals surface area (Å²) in [4.78, 5) is 22.9. The van der Waals surface area contributed by atoms with Crippen LogP contribution in [0.25, 0.3) is 10.6 Å². The molecule has 140 valence electrons. The van der Waals surface area contributed by atoms with E-state index < -0.39 is 5.82 Å². The number of rotatable bonds is 5. The average molecular weight is 388 g/mol. The number of aromatic nitrogens is 3. The summed E-state index contributed by atoms with van der Waals surface area (Å²) in [5.74, 6) is -0.273. The zero-order valence-electron chi connectivity index (χ0n) is 14.6. The summed E-state index contributed by atoms with van der Waals surface area (Å²) >= 11 is 1.51. The maximum Gasteiger partial charge on any atom is 0.276 e. The molecule has 3 aromatic heterocycles. The van der Waals surface area contributed by atoms with Crippen molar-refractivity contribution >= 4 is 17.2 Å². The van der Waals surface area contributed by atoms with Crippen LogP contribution in [0.5, 0.6) is 5.88 Å². The lowest BCUT2D eigenvalue weighted by atomic mass is 10.3. The predicted octanol–water partition coefficient (Wildman–Crippen LogP) is 3.19. The second-order valence-electron chi connectivity index (χ2n) is 6.13. The standard InChI is InChI=1S/C18H17FN4O3S/c1-2-12-16(19)17(21-10-20-12)25-11-5-6-23(9-11)18(24)13-8-14(26-22-13)15-4-3-7-27-15/h3-4,7-8,10-11H,2,5-6,9H2,1H3. The summed E-state index contributed by atoms with van der Waals surface area (Å²) in [7, 11) is 0. The fourth-order valence-electron chi connectivity index (χ4n) is 2.96. The van der Waals surface area contributed by atoms with Crippen LogP contribution in [0.15, 0.2) is 34.4 Å². The summed E-state index contributed by atoms with van der Waals surface area (Å²) in [6.07, 6.45) is 2.01. The van der Waals surface area contributed by atoms with Gasteiger partial charge in [0.25, 0.3) is 11.8 Å². The molecule has 0 aliphatic carbocycles. The van der Waals surface area contributed by atoms with Crippen LogP contribution in [0.2, 0.25) is 0 Å². The van der Waals surface area contributed by atoms with Gasteiger partial charge in [0.05, 0.1) is 17.1 Å². The summed E-state index contributed by atoms with van der Waals surface area (Å²) in [6, 6.07) is 5.45. The van der Waals surface area contributed by atoms with E-state index in [0.717, 1.165) is 4.88 Å². The first-order valence-electron chi connectivity index (χ1n) is 8.61. The molecule has 1 fully saturated rings. The predicted molar refractivity (Wildman–Crippen MR) is 96.1 cm³/mol. The van der Waals surface area contributed by atoms with E-state index in [-0.39, 0.29) is 23.6 Å². The van der Waals surface area contributed by atoms with Gasteiger partial charge in [-0.3, -0.25) is 4.79 Å². The number of nitrogens with zero attached hydrogens (tertiary/aromatic N) is 4. The number of hydrogen-bond acceptors (Lipinski definition) is 7. The summed E-state index contributed by atoms with van der Waals surface area (Å²) in [5, 5.41) is 5.81. The highest BCUT2D eigenvalue weighted by Gasteiger charge is 2.31. The number of ether oxygens (including phenoxy) is 1. The first kappa shape index (κ1) is 17.6. The van der Waals surface area contributed by atoms with Gasteiger partial charge in [0.2, 0.25) is 5.82 Å². The number of carbonyl (C=O) groups excluding carboxylic acids is 1. The summed E-state index contributed by atoms with van der Waals surface area (Å²) < 4.78 is 25.2. The summed E-state index contributed by atoms with van der Waals surface area (Å²) in [6.45, 7) is 2.65. The van der Waals surface area contributed by atoms with E-state index in [1.54, 1.807) is 11.0 Å². The SMILES string of the molecule is CCc1ncnc(OC2CCN(C(=O)c3cc(-c4cccs4)on3)C2)c1F. The Bertz CT molecular complexity index is 944. The Hall–Kier alpha value is -2.81. The minimum absolute atomic E-state index is 0.0671. The Balaban J connectivity index is 1.41. The van der Waals surface area contributed by atoms with Gasteiger partial charge in [-0.1, -0.05) is 18.1 Å². The van der Waals surface area contributed by atoms with Crippen LogP contribution in [-0.4, -0.2) is 45.1 Å². The van der Waals surface area contributed by atoms with E-state index in [1.807, 2.05) is 24.4 Å². The van der Waals surface area contributed by atoms with E-state index in [4.69, 9.17) is 9.26 Å². The van der Waals surface area contributed by atoms with Crippen molar-refractivity contribution in [1.82, 2.24) is 20.0 Å². The molecular weight excluding hydrogens is 371 g/mol. The van der Waals surface area contributed by atoms with E-state index in [2.05, 4.69) is 15.1 Å². The third-order valence-corrected chi connectivity index (χ3v) is 5.25. The van der Waals surface area contributed by atoms with Crippen LogP contribution in [0.1, 0.15) is 29.5 Å². The molecule has 7 nitrogen and oxygen atoms in total. The molecule has 4 heterocycles. The van der Waals surface area contributed by atoms with Gasteiger partial charge >= 0.3 is 0 Å². The van der Waals surface area contributed by atoms with Crippen LogP contribution in [-0.2, 0) is 6.42 Å². The molecule has 1 saturated heterocycles. The fourth-order valence-corrected chi connectivity index (χ4v) is 3.63. The normalized spacial score (nSPS) is 16.7. The number of thiophene rings is 1. The Morgan fingerprint density at radius 2 is 2.37 bits per heavy atom. The van der Waals surface area contributed by atoms with Crippen LogP contribution in [0.4, 0.5) is 4.39 Å². The maximum absolute atomic E-state index is 14.2. The molecule has 1 atom stereocenters. The number of carbonyl (C=O) groups is 1. The highest BCUT2D eigenvalue weighted by atomic mass is 32.1. The van der Waals surface area contributed by atoms with Crippen molar-refractivity contribution < 1.29 is 18.4 Å². The van der Waals surface area contributed by atoms with Crippen molar-refractivity contribution in [1.29, 1.82) is 0 Å². The maximum atomic E-state index is 14.2. The topological polar surface area (TPSA) is 81.4 Å². The molecule has 9 heteroatoms. The second-order valence-corrected chi connectivity index (χ2v) is 7.07. The zero-order chi connectivity index (χ0) is 18.8. The van der Waals surface area contributed by atoms with Gasteiger partial charge in [-0.25, -0.2) is 4.98 Å². The zero-order valence-corrected chi connectivity index (χ0v) is 15.4. The smallest absolute Gasteiger partial charge is 0.276 e. The lowest BCUT2D eigenvalue weighted by Crippen LogP contribution is -2.31. The van der Waals surface area contributed by atoms with Gasteiger partial charge in [-0.15, -0.1) is 11.3 Å². The quantitative estimate of drug-likeness (QED) is 0.668. The Morgan fingerprint density at radius 3 is 3.15 bits per heavy atom. The van der Waals surface area contributed by atoms with E-state index in [1.165, 1.54) is 17.7 Å². The van der Waals surface area contributed by atoms with Gasteiger partial charge in [0.15, 0.2) is 11.5 Å². The third-order valence-electron chi connectivity index (χ3n) is 4.37. The molecule has 0 radical (unpaired) electrons. The number of likely N-dealkylation sites (tertiary alicyclic amines) is 1. The fraction of sp³-hybridized carbons (Fsp3) is 0.333. The third kappa shape index (κ3) is 3.55. The first-order valence-corrected chi connectivity index (χ1v) is 9.49. The molecule has 0 bridgehead atoms. The molecule has 1 amide bonds. The molecule has 3 aromatic rings. The highest BCUT2D eigenvalue weighted by Crippen LogP contribution is 2.26. The number of halogens is 1.